The smallest absolute Gasteiger partial charge is 0.356 e. The zero-order valence-electron chi connectivity index (χ0n) is 14.1. The van der Waals surface area contributed by atoms with Crippen LogP contribution in [0, 0.1) is 26.2 Å². The average Bonchev–Trinajstić information content (AvgIpc) is 2.87. The second kappa shape index (κ2) is 7.17. The number of hydrogen-bond donors (Lipinski definition) is 1. The van der Waals surface area contributed by atoms with Crippen LogP contribution in [-0.4, -0.2) is 39.1 Å². The number of nitrogens with zero attached hydrogens (tertiary/aromatic N) is 1. The van der Waals surface area contributed by atoms with E-state index in [4.69, 9.17) is 11.2 Å². The Morgan fingerprint density at radius 2 is 2.00 bits per heavy atom. The van der Waals surface area contributed by atoms with Crippen molar-refractivity contribution in [3.8, 4) is 12.3 Å². The van der Waals surface area contributed by atoms with Gasteiger partial charge in [-0.25, -0.2) is 0 Å². The number of anilines is 2. The van der Waals surface area contributed by atoms with Crippen molar-refractivity contribution >= 4 is 27.3 Å². The minimum absolute atomic E-state index is 0.0340. The molecule has 1 amide bonds. The summed E-state index contributed by atoms with van der Waals surface area (Å²) in [5.41, 5.74) is -4.47. The molecule has 0 saturated carbocycles. The lowest BCUT2D eigenvalue weighted by Gasteiger charge is -2.22. The Morgan fingerprint density at radius 1 is 1.35 bits per heavy atom. The number of amides is 1. The molecule has 1 aromatic rings. The van der Waals surface area contributed by atoms with Gasteiger partial charge in [0.25, 0.3) is 5.91 Å². The summed E-state index contributed by atoms with van der Waals surface area (Å²) in [6, 6.07) is 2.72. The van der Waals surface area contributed by atoms with E-state index in [2.05, 4.69) is 5.92 Å². The average molecular weight is 390 g/mol. The van der Waals surface area contributed by atoms with Crippen LogP contribution in [0.1, 0.15) is 17.5 Å². The second-order valence-corrected chi connectivity index (χ2v) is 7.46. The highest BCUT2D eigenvalue weighted by atomic mass is 32.2. The molecular formula is C16H17F3N2O4S. The lowest BCUT2D eigenvalue weighted by Crippen LogP contribution is -2.32. The van der Waals surface area contributed by atoms with Crippen molar-refractivity contribution in [3.05, 3.63) is 23.3 Å². The maximum absolute atomic E-state index is 12.6. The molecule has 1 fully saturated rings. The Morgan fingerprint density at radius 3 is 2.58 bits per heavy atom. The first-order valence-corrected chi connectivity index (χ1v) is 9.03. The number of sulfonamides is 1. The van der Waals surface area contributed by atoms with Gasteiger partial charge < -0.3 is 9.64 Å². The summed E-state index contributed by atoms with van der Waals surface area (Å²) in [7, 11) is -5.56. The normalized spacial score (nSPS) is 18.1. The number of carbonyl (C=O) groups is 1. The number of hydrogen-bond acceptors (Lipinski definition) is 4. The molecule has 26 heavy (non-hydrogen) atoms. The van der Waals surface area contributed by atoms with Gasteiger partial charge in [0.2, 0.25) is 0 Å². The van der Waals surface area contributed by atoms with Crippen LogP contribution < -0.4 is 9.62 Å². The predicted molar refractivity (Wildman–Crippen MR) is 90.1 cm³/mol. The van der Waals surface area contributed by atoms with E-state index >= 15 is 0 Å². The largest absolute Gasteiger partial charge is 0.516 e. The molecule has 0 radical (unpaired) electrons. The van der Waals surface area contributed by atoms with Crippen molar-refractivity contribution in [2.24, 2.45) is 0 Å². The van der Waals surface area contributed by atoms with Gasteiger partial charge in [-0.05, 0) is 31.0 Å². The minimum atomic E-state index is -5.56. The molecule has 1 saturated heterocycles. The molecule has 1 aliphatic heterocycles. The van der Waals surface area contributed by atoms with Gasteiger partial charge in [-0.15, -0.1) is 6.42 Å². The monoisotopic (exact) mass is 390 g/mol. The second-order valence-electron chi connectivity index (χ2n) is 5.79. The van der Waals surface area contributed by atoms with Gasteiger partial charge in [0.1, 0.15) is 12.7 Å². The number of alkyl halides is 3. The van der Waals surface area contributed by atoms with Crippen LogP contribution in [-0.2, 0) is 19.6 Å². The van der Waals surface area contributed by atoms with Gasteiger partial charge >= 0.3 is 15.5 Å². The highest BCUT2D eigenvalue weighted by molar-refractivity contribution is 7.93. The Kier molecular flexibility index (Phi) is 5.53. The number of aryl methyl sites for hydroxylation is 2. The first-order valence-electron chi connectivity index (χ1n) is 7.54. The molecule has 0 aliphatic carbocycles. The highest BCUT2D eigenvalue weighted by Gasteiger charge is 2.46. The topological polar surface area (TPSA) is 75.7 Å². The number of ether oxygens (including phenoxy) is 1. The molecular weight excluding hydrogens is 373 g/mol. The first-order chi connectivity index (χ1) is 12.0. The fourth-order valence-corrected chi connectivity index (χ4v) is 3.27. The summed E-state index contributed by atoms with van der Waals surface area (Å²) in [5, 5.41) is 0. The van der Waals surface area contributed by atoms with E-state index in [-0.39, 0.29) is 24.7 Å². The third-order valence-corrected chi connectivity index (χ3v) is 5.01. The molecule has 1 aliphatic rings. The SMILES string of the molecule is C#CCOC1CCN(c2cc(NS(=O)(=O)C(F)(F)F)c(C)cc2C)C1=O. The molecule has 1 N–H and O–H groups in total. The van der Waals surface area contributed by atoms with Crippen LogP contribution in [0.25, 0.3) is 0 Å². The number of nitrogens with one attached hydrogen (secondary N) is 1. The highest BCUT2D eigenvalue weighted by Crippen LogP contribution is 2.33. The number of rotatable bonds is 5. The van der Waals surface area contributed by atoms with Gasteiger partial charge in [0, 0.05) is 18.7 Å². The van der Waals surface area contributed by atoms with Crippen LogP contribution in [0.5, 0.6) is 0 Å². The van der Waals surface area contributed by atoms with Crippen LogP contribution in [0.3, 0.4) is 0 Å². The van der Waals surface area contributed by atoms with Crippen LogP contribution in [0.15, 0.2) is 12.1 Å². The summed E-state index contributed by atoms with van der Waals surface area (Å²) in [4.78, 5) is 13.8. The van der Waals surface area contributed by atoms with Gasteiger partial charge in [-0.3, -0.25) is 9.52 Å². The third-order valence-electron chi connectivity index (χ3n) is 3.91. The number of terminal acetylenes is 1. The lowest BCUT2D eigenvalue weighted by molar-refractivity contribution is -0.126. The standard InChI is InChI=1S/C16H17F3N2O4S/c1-4-7-25-14-5-6-21(15(14)22)13-9-12(10(2)8-11(13)3)20-26(23,24)16(17,18)19/h1,8-9,14,20H,5-7H2,2-3H3. The minimum Gasteiger partial charge on any atom is -0.356 e. The van der Waals surface area contributed by atoms with Crippen molar-refractivity contribution in [1.82, 2.24) is 0 Å². The van der Waals surface area contributed by atoms with Crippen LogP contribution in [0.2, 0.25) is 0 Å². The van der Waals surface area contributed by atoms with Crippen molar-refractivity contribution < 1.29 is 31.1 Å². The molecule has 0 aromatic heterocycles. The molecule has 0 spiro atoms. The zero-order chi connectivity index (χ0) is 19.7. The molecule has 1 unspecified atom stereocenters. The fourth-order valence-electron chi connectivity index (χ4n) is 2.64. The Bertz CT molecular complexity index is 859. The maximum atomic E-state index is 12.6. The first kappa shape index (κ1) is 20.1. The molecule has 10 heteroatoms. The molecule has 1 atom stereocenters. The molecule has 6 nitrogen and oxygen atoms in total. The van der Waals surface area contributed by atoms with Gasteiger partial charge in [-0.1, -0.05) is 12.0 Å². The van der Waals surface area contributed by atoms with E-state index in [0.29, 0.717) is 23.2 Å². The van der Waals surface area contributed by atoms with E-state index in [0.717, 1.165) is 0 Å². The summed E-state index contributed by atoms with van der Waals surface area (Å²) < 4.78 is 67.4. The number of benzene rings is 1. The van der Waals surface area contributed by atoms with E-state index < -0.39 is 21.6 Å². The lowest BCUT2D eigenvalue weighted by atomic mass is 10.1. The predicted octanol–water partition coefficient (Wildman–Crippen LogP) is 2.32. The van der Waals surface area contributed by atoms with Crippen LogP contribution >= 0.6 is 0 Å². The summed E-state index contributed by atoms with van der Waals surface area (Å²) in [5.74, 6) is 1.88. The molecule has 1 aromatic carbocycles. The third kappa shape index (κ3) is 3.94. The van der Waals surface area contributed by atoms with Crippen molar-refractivity contribution in [2.75, 3.05) is 22.8 Å². The molecule has 1 heterocycles. The Hall–Kier alpha value is -2.25. The van der Waals surface area contributed by atoms with Gasteiger partial charge in [-0.2, -0.15) is 21.6 Å². The van der Waals surface area contributed by atoms with Crippen molar-refractivity contribution in [2.45, 2.75) is 31.9 Å². The van der Waals surface area contributed by atoms with Gasteiger partial charge in [0.05, 0.1) is 5.69 Å². The molecule has 142 valence electrons. The Balaban J connectivity index is 2.35. The summed E-state index contributed by atoms with van der Waals surface area (Å²) in [6.07, 6.45) is 4.73. The number of carbonyl (C=O) groups excluding carboxylic acids is 1. The van der Waals surface area contributed by atoms with Crippen LogP contribution in [0.4, 0.5) is 24.5 Å². The fraction of sp³-hybridized carbons (Fsp3) is 0.438. The van der Waals surface area contributed by atoms with Gasteiger partial charge in [0.15, 0.2) is 0 Å². The summed E-state index contributed by atoms with van der Waals surface area (Å²) >= 11 is 0. The number of halogens is 3. The molecule has 0 bridgehead atoms. The van der Waals surface area contributed by atoms with E-state index in [9.17, 15) is 26.4 Å². The van der Waals surface area contributed by atoms with E-state index in [1.165, 1.54) is 28.7 Å². The van der Waals surface area contributed by atoms with Crippen molar-refractivity contribution in [1.29, 1.82) is 0 Å². The molecule has 2 rings (SSSR count). The Labute approximate surface area is 149 Å². The van der Waals surface area contributed by atoms with Crippen molar-refractivity contribution in [3.63, 3.8) is 0 Å². The van der Waals surface area contributed by atoms with E-state index in [1.807, 2.05) is 0 Å². The quantitative estimate of drug-likeness (QED) is 0.783. The van der Waals surface area contributed by atoms with E-state index in [1.54, 1.807) is 6.92 Å². The maximum Gasteiger partial charge on any atom is 0.516 e. The summed E-state index contributed by atoms with van der Waals surface area (Å²) in [6.45, 7) is 3.39. The zero-order valence-corrected chi connectivity index (χ0v) is 14.9.